The molecule has 3 nitrogen and oxygen atoms in total. The largest absolute Gasteiger partial charge is 2.00 e. The van der Waals surface area contributed by atoms with E-state index < -0.39 is 7.91 Å². The number of unbranched alkanes of at least 4 members (excludes halogenated alkanes) is 1. The number of hydrogen-bond donors (Lipinski definition) is 0. The van der Waals surface area contributed by atoms with E-state index in [-0.39, 0.29) is 17.1 Å². The molecule has 0 heterocycles. The fourth-order valence-electron chi connectivity index (χ4n) is 0. The molecule has 0 fully saturated rings. The third-order valence-corrected chi connectivity index (χ3v) is 0.354. The summed E-state index contributed by atoms with van der Waals surface area (Å²) in [7, 11) is -5.64. The van der Waals surface area contributed by atoms with E-state index in [1.165, 1.54) is 6.42 Å². The summed E-state index contributed by atoms with van der Waals surface area (Å²) in [5.41, 5.74) is 0. The van der Waals surface area contributed by atoms with Gasteiger partial charge < -0.3 is 21.3 Å². The van der Waals surface area contributed by atoms with Crippen LogP contribution in [0.3, 0.4) is 0 Å². The van der Waals surface area contributed by atoms with Crippen molar-refractivity contribution in [1.29, 1.82) is 0 Å². The first kappa shape index (κ1) is 16.9. The van der Waals surface area contributed by atoms with Gasteiger partial charge in [0.2, 0.25) is 0 Å². The molecule has 0 aliphatic carbocycles. The maximum Gasteiger partial charge on any atom is 2.00 e. The summed E-state index contributed by atoms with van der Waals surface area (Å²) in [6, 6.07) is 0. The molecule has 67 valence electrons. The van der Waals surface area contributed by atoms with Crippen LogP contribution in [-0.2, 0) is 21.6 Å². The zero-order chi connectivity index (χ0) is 7.91. The molecule has 1 radical (unpaired) electrons. The van der Waals surface area contributed by atoms with Gasteiger partial charge in [-0.3, -0.25) is 0 Å². The van der Waals surface area contributed by atoms with Gasteiger partial charge in [-0.2, -0.15) is 6.42 Å². The molecule has 0 unspecified atom stereocenters. The van der Waals surface area contributed by atoms with E-state index in [4.69, 9.17) is 14.4 Å². The SMILES string of the molecule is O=P([O-])([O-])F.[CH2-]CCC.[Cu+2]. The van der Waals surface area contributed by atoms with Crippen LogP contribution in [0.15, 0.2) is 0 Å². The van der Waals surface area contributed by atoms with Gasteiger partial charge in [-0.05, 0) is 0 Å². The number of hydrogen-bond acceptors (Lipinski definition) is 3. The summed E-state index contributed by atoms with van der Waals surface area (Å²) in [4.78, 5) is 16.9. The summed E-state index contributed by atoms with van der Waals surface area (Å²) < 4.78 is 18.6. The minimum atomic E-state index is -5.64. The Kier molecular flexibility index (Phi) is 16.2. The second-order valence-electron chi connectivity index (χ2n) is 1.28. The van der Waals surface area contributed by atoms with Crippen molar-refractivity contribution < 1.29 is 35.6 Å². The Morgan fingerprint density at radius 1 is 1.60 bits per heavy atom. The first-order chi connectivity index (χ1) is 3.91. The zero-order valence-corrected chi connectivity index (χ0v) is 7.31. The fraction of sp³-hybridized carbons (Fsp3) is 0.750. The van der Waals surface area contributed by atoms with E-state index >= 15 is 0 Å². The summed E-state index contributed by atoms with van der Waals surface area (Å²) in [5, 5.41) is 0. The van der Waals surface area contributed by atoms with Crippen LogP contribution in [-0.4, -0.2) is 0 Å². The van der Waals surface area contributed by atoms with Gasteiger partial charge >= 0.3 is 17.1 Å². The zero-order valence-electron chi connectivity index (χ0n) is 5.47. The van der Waals surface area contributed by atoms with Gasteiger partial charge in [-0.25, -0.2) is 4.20 Å². The summed E-state index contributed by atoms with van der Waals surface area (Å²) in [6.45, 7) is 5.72. The first-order valence-electron chi connectivity index (χ1n) is 2.42. The second kappa shape index (κ2) is 9.60. The standard InChI is InChI=1S/C4H9.Cu.FH2O3P/c1-3-4-2;;1-5(2,3)4/h1,3-4H2,2H3;;(H2,2,3,4)/q-1;+2;/p-2. The molecular formula is C4H9CuFO3P-. The smallest absolute Gasteiger partial charge is 0.786 e. The molecule has 0 rings (SSSR count). The Morgan fingerprint density at radius 2 is 1.70 bits per heavy atom. The van der Waals surface area contributed by atoms with E-state index in [9.17, 15) is 4.20 Å². The predicted molar refractivity (Wildman–Crippen MR) is 29.0 cm³/mol. The van der Waals surface area contributed by atoms with Crippen LogP contribution in [0, 0.1) is 6.92 Å². The van der Waals surface area contributed by atoms with Gasteiger partial charge in [-0.15, -0.1) is 0 Å². The van der Waals surface area contributed by atoms with Gasteiger partial charge in [0.05, 0.1) is 0 Å². The van der Waals surface area contributed by atoms with Crippen LogP contribution in [0.5, 0.6) is 0 Å². The normalized spacial score (nSPS) is 8.90. The summed E-state index contributed by atoms with van der Waals surface area (Å²) in [6.07, 6.45) is 2.28. The quantitative estimate of drug-likeness (QED) is 0.364. The molecule has 0 bridgehead atoms. The van der Waals surface area contributed by atoms with E-state index in [1.807, 2.05) is 0 Å². The number of rotatable bonds is 1. The van der Waals surface area contributed by atoms with E-state index in [2.05, 4.69) is 13.8 Å². The van der Waals surface area contributed by atoms with Crippen LogP contribution in [0.2, 0.25) is 0 Å². The Morgan fingerprint density at radius 3 is 1.70 bits per heavy atom. The Hall–Kier alpha value is 0.599. The molecule has 0 aromatic carbocycles. The molecule has 0 spiro atoms. The van der Waals surface area contributed by atoms with Gasteiger partial charge in [-0.1, -0.05) is 13.3 Å². The molecule has 0 aliphatic heterocycles. The van der Waals surface area contributed by atoms with Crippen molar-refractivity contribution in [3.63, 3.8) is 0 Å². The molecule has 0 saturated carbocycles. The third-order valence-electron chi connectivity index (χ3n) is 0.354. The molecular weight excluding hydrogens is 210 g/mol. The van der Waals surface area contributed by atoms with Gasteiger partial charge in [0.15, 0.2) is 0 Å². The molecule has 0 saturated heterocycles. The van der Waals surface area contributed by atoms with Crippen molar-refractivity contribution in [2.45, 2.75) is 19.8 Å². The molecule has 0 N–H and O–H groups in total. The van der Waals surface area contributed by atoms with E-state index in [0.717, 1.165) is 6.42 Å². The van der Waals surface area contributed by atoms with Crippen molar-refractivity contribution in [2.75, 3.05) is 0 Å². The van der Waals surface area contributed by atoms with Crippen molar-refractivity contribution in [3.8, 4) is 0 Å². The van der Waals surface area contributed by atoms with Crippen LogP contribution in [0.1, 0.15) is 19.8 Å². The van der Waals surface area contributed by atoms with Crippen molar-refractivity contribution in [2.24, 2.45) is 0 Å². The topological polar surface area (TPSA) is 63.2 Å². The Bertz CT molecular complexity index is 84.2. The molecule has 0 aromatic rings. The summed E-state index contributed by atoms with van der Waals surface area (Å²) >= 11 is 0. The Balaban J connectivity index is -0.0000000910. The molecule has 6 heteroatoms. The average Bonchev–Trinajstić information content (AvgIpc) is 1.61. The van der Waals surface area contributed by atoms with E-state index in [0.29, 0.717) is 0 Å². The minimum Gasteiger partial charge on any atom is -0.786 e. The van der Waals surface area contributed by atoms with Crippen LogP contribution in [0.25, 0.3) is 0 Å². The molecule has 0 amide bonds. The van der Waals surface area contributed by atoms with Gasteiger partial charge in [0.1, 0.15) is 7.91 Å². The molecule has 0 aromatic heterocycles. The fourth-order valence-corrected chi connectivity index (χ4v) is 0. The van der Waals surface area contributed by atoms with Crippen LogP contribution in [0.4, 0.5) is 4.20 Å². The van der Waals surface area contributed by atoms with Crippen molar-refractivity contribution >= 4 is 7.91 Å². The monoisotopic (exact) mass is 218 g/mol. The van der Waals surface area contributed by atoms with E-state index in [1.54, 1.807) is 0 Å². The minimum absolute atomic E-state index is 0. The third kappa shape index (κ3) is 194. The van der Waals surface area contributed by atoms with Crippen molar-refractivity contribution in [3.05, 3.63) is 6.92 Å². The van der Waals surface area contributed by atoms with Crippen LogP contribution >= 0.6 is 7.91 Å². The summed E-state index contributed by atoms with van der Waals surface area (Å²) in [5.74, 6) is 0. The van der Waals surface area contributed by atoms with Crippen molar-refractivity contribution in [1.82, 2.24) is 0 Å². The number of halogens is 1. The van der Waals surface area contributed by atoms with Crippen LogP contribution < -0.4 is 9.79 Å². The predicted octanol–water partition coefficient (Wildman–Crippen LogP) is 0.403. The van der Waals surface area contributed by atoms with Gasteiger partial charge in [0, 0.05) is 0 Å². The molecule has 0 aliphatic rings. The maximum absolute atomic E-state index is 10.1. The first-order valence-corrected chi connectivity index (χ1v) is 3.86. The Labute approximate surface area is 70.8 Å². The average molecular weight is 219 g/mol. The maximum atomic E-state index is 10.1. The second-order valence-corrected chi connectivity index (χ2v) is 2.15. The molecule has 0 atom stereocenters. The van der Waals surface area contributed by atoms with Gasteiger partial charge in [0.25, 0.3) is 0 Å². The molecule has 10 heavy (non-hydrogen) atoms.